The van der Waals surface area contributed by atoms with E-state index < -0.39 is 10.0 Å². The fourth-order valence-electron chi connectivity index (χ4n) is 2.40. The van der Waals surface area contributed by atoms with Crippen LogP contribution >= 0.6 is 11.3 Å². The van der Waals surface area contributed by atoms with E-state index in [-0.39, 0.29) is 17.2 Å². The van der Waals surface area contributed by atoms with Gasteiger partial charge in [-0.05, 0) is 41.3 Å². The largest absolute Gasteiger partial charge is 0.497 e. The van der Waals surface area contributed by atoms with Gasteiger partial charge in [0.15, 0.2) is 0 Å². The maximum atomic E-state index is 12.7. The molecule has 3 rings (SSSR count). The molecule has 0 radical (unpaired) electrons. The molecule has 0 saturated carbocycles. The number of ether oxygens (including phenoxy) is 2. The van der Waals surface area contributed by atoms with Crippen LogP contribution in [-0.4, -0.2) is 27.6 Å². The molecule has 0 bridgehead atoms. The van der Waals surface area contributed by atoms with Crippen LogP contribution in [0.1, 0.15) is 5.56 Å². The lowest BCUT2D eigenvalue weighted by atomic mass is 10.1. The van der Waals surface area contributed by atoms with E-state index >= 15 is 0 Å². The molecule has 2 heterocycles. The average Bonchev–Trinajstić information content (AvgIpc) is 3.21. The number of nitrogens with one attached hydrogen (secondary N) is 1. The first-order chi connectivity index (χ1) is 12.5. The van der Waals surface area contributed by atoms with E-state index in [4.69, 9.17) is 9.47 Å². The molecule has 0 unspecified atom stereocenters. The number of benzene rings is 1. The zero-order valence-corrected chi connectivity index (χ0v) is 15.9. The summed E-state index contributed by atoms with van der Waals surface area (Å²) in [6.07, 6.45) is 1.67. The van der Waals surface area contributed by atoms with E-state index in [9.17, 15) is 8.42 Å². The summed E-state index contributed by atoms with van der Waals surface area (Å²) in [5.41, 5.74) is 2.63. The smallest absolute Gasteiger partial charge is 0.244 e. The van der Waals surface area contributed by atoms with Crippen molar-refractivity contribution in [1.29, 1.82) is 0 Å². The molecule has 26 heavy (non-hydrogen) atoms. The van der Waals surface area contributed by atoms with Crippen molar-refractivity contribution in [2.75, 3.05) is 14.2 Å². The molecule has 3 aromatic rings. The Morgan fingerprint density at radius 2 is 1.96 bits per heavy atom. The maximum Gasteiger partial charge on any atom is 0.244 e. The molecule has 0 aliphatic rings. The van der Waals surface area contributed by atoms with Crippen molar-refractivity contribution >= 4 is 21.4 Å². The van der Waals surface area contributed by atoms with Gasteiger partial charge in [-0.3, -0.25) is 4.98 Å². The molecule has 0 atom stereocenters. The molecular weight excluding hydrogens is 372 g/mol. The fraction of sp³-hybridized carbons (Fsp3) is 0.167. The third-order valence-corrected chi connectivity index (χ3v) is 5.87. The van der Waals surface area contributed by atoms with Crippen LogP contribution in [0.5, 0.6) is 11.5 Å². The Balaban J connectivity index is 1.82. The second-order valence-corrected chi connectivity index (χ2v) is 7.92. The lowest BCUT2D eigenvalue weighted by Gasteiger charge is -2.12. The Morgan fingerprint density at radius 1 is 1.12 bits per heavy atom. The summed E-state index contributed by atoms with van der Waals surface area (Å²) in [6.45, 7) is 0.141. The number of rotatable bonds is 7. The van der Waals surface area contributed by atoms with Crippen molar-refractivity contribution in [3.63, 3.8) is 0 Å². The van der Waals surface area contributed by atoms with Crippen molar-refractivity contribution in [2.24, 2.45) is 0 Å². The summed E-state index contributed by atoms with van der Waals surface area (Å²) >= 11 is 1.59. The normalized spacial score (nSPS) is 11.3. The number of sulfonamides is 1. The van der Waals surface area contributed by atoms with Gasteiger partial charge in [-0.1, -0.05) is 0 Å². The third kappa shape index (κ3) is 4.04. The lowest BCUT2D eigenvalue weighted by molar-refractivity contribution is 0.392. The number of hydrogen-bond acceptors (Lipinski definition) is 6. The van der Waals surface area contributed by atoms with Gasteiger partial charge in [-0.15, -0.1) is 0 Å². The first-order valence-electron chi connectivity index (χ1n) is 7.72. The van der Waals surface area contributed by atoms with Crippen LogP contribution in [0.15, 0.2) is 58.3 Å². The number of aromatic nitrogens is 1. The fourth-order valence-corrected chi connectivity index (χ4v) is 4.25. The molecule has 136 valence electrons. The SMILES string of the molecule is COc1ccc(OC)c(S(=O)(=O)NCc2ccnc(-c3ccsc3)c2)c1. The molecule has 0 amide bonds. The van der Waals surface area contributed by atoms with E-state index in [1.807, 2.05) is 22.9 Å². The zero-order chi connectivity index (χ0) is 18.6. The molecule has 6 nitrogen and oxygen atoms in total. The summed E-state index contributed by atoms with van der Waals surface area (Å²) in [5, 5.41) is 3.97. The van der Waals surface area contributed by atoms with Crippen LogP contribution in [0.2, 0.25) is 0 Å². The number of thiophene rings is 1. The van der Waals surface area contributed by atoms with Crippen LogP contribution in [0, 0.1) is 0 Å². The predicted molar refractivity (Wildman–Crippen MR) is 101 cm³/mol. The number of pyridine rings is 1. The quantitative estimate of drug-likeness (QED) is 0.670. The maximum absolute atomic E-state index is 12.7. The number of nitrogens with zero attached hydrogens (tertiary/aromatic N) is 1. The summed E-state index contributed by atoms with van der Waals surface area (Å²) in [7, 11) is -0.866. The molecule has 0 aliphatic carbocycles. The molecule has 0 fully saturated rings. The van der Waals surface area contributed by atoms with Crippen molar-refractivity contribution < 1.29 is 17.9 Å². The van der Waals surface area contributed by atoms with E-state index in [0.717, 1.165) is 16.8 Å². The number of hydrogen-bond donors (Lipinski definition) is 1. The lowest BCUT2D eigenvalue weighted by Crippen LogP contribution is -2.23. The summed E-state index contributed by atoms with van der Waals surface area (Å²) in [6, 6.07) is 10.3. The minimum absolute atomic E-state index is 0.0338. The van der Waals surface area contributed by atoms with Gasteiger partial charge >= 0.3 is 0 Å². The predicted octanol–water partition coefficient (Wildman–Crippen LogP) is 3.31. The van der Waals surface area contributed by atoms with E-state index in [1.54, 1.807) is 35.7 Å². The van der Waals surface area contributed by atoms with Gasteiger partial charge in [0.1, 0.15) is 16.4 Å². The molecule has 8 heteroatoms. The molecule has 0 aliphatic heterocycles. The summed E-state index contributed by atoms with van der Waals surface area (Å²) in [4.78, 5) is 4.36. The van der Waals surface area contributed by atoms with Crippen molar-refractivity contribution in [3.05, 3.63) is 58.9 Å². The van der Waals surface area contributed by atoms with Crippen LogP contribution < -0.4 is 14.2 Å². The van der Waals surface area contributed by atoms with Crippen molar-refractivity contribution in [3.8, 4) is 22.8 Å². The van der Waals surface area contributed by atoms with Gasteiger partial charge in [0, 0.05) is 29.8 Å². The zero-order valence-electron chi connectivity index (χ0n) is 14.3. The monoisotopic (exact) mass is 390 g/mol. The standard InChI is InChI=1S/C18H18N2O4S2/c1-23-15-3-4-17(24-2)18(10-15)26(21,22)20-11-13-5-7-19-16(9-13)14-6-8-25-12-14/h3-10,12,20H,11H2,1-2H3. The van der Waals surface area contributed by atoms with Gasteiger partial charge in [0.05, 0.1) is 19.9 Å². The Bertz CT molecular complexity index is 986. The van der Waals surface area contributed by atoms with Crippen LogP contribution in [0.25, 0.3) is 11.3 Å². The Morgan fingerprint density at radius 3 is 2.65 bits per heavy atom. The van der Waals surface area contributed by atoms with Crippen molar-refractivity contribution in [1.82, 2.24) is 9.71 Å². The highest BCUT2D eigenvalue weighted by atomic mass is 32.2. The highest BCUT2D eigenvalue weighted by Crippen LogP contribution is 2.28. The first kappa shape index (κ1) is 18.4. The van der Waals surface area contributed by atoms with Crippen LogP contribution in [0.3, 0.4) is 0 Å². The average molecular weight is 390 g/mol. The van der Waals surface area contributed by atoms with Gasteiger partial charge in [0.25, 0.3) is 0 Å². The highest BCUT2D eigenvalue weighted by Gasteiger charge is 2.20. The van der Waals surface area contributed by atoms with E-state index in [0.29, 0.717) is 5.75 Å². The highest BCUT2D eigenvalue weighted by molar-refractivity contribution is 7.89. The number of methoxy groups -OCH3 is 2. The second kappa shape index (κ2) is 7.86. The molecule has 1 N–H and O–H groups in total. The molecule has 0 spiro atoms. The Labute approximate surface area is 156 Å². The Kier molecular flexibility index (Phi) is 5.55. The molecule has 1 aromatic carbocycles. The first-order valence-corrected chi connectivity index (χ1v) is 10.2. The summed E-state index contributed by atoms with van der Waals surface area (Å²) < 4.78 is 38.3. The third-order valence-electron chi connectivity index (χ3n) is 3.77. The minimum atomic E-state index is -3.77. The van der Waals surface area contributed by atoms with Crippen LogP contribution in [-0.2, 0) is 16.6 Å². The van der Waals surface area contributed by atoms with E-state index in [1.165, 1.54) is 20.3 Å². The Hall–Kier alpha value is -2.42. The van der Waals surface area contributed by atoms with Gasteiger partial charge in [-0.2, -0.15) is 11.3 Å². The van der Waals surface area contributed by atoms with Gasteiger partial charge in [-0.25, -0.2) is 13.1 Å². The van der Waals surface area contributed by atoms with Gasteiger partial charge < -0.3 is 9.47 Å². The second-order valence-electron chi connectivity index (χ2n) is 5.40. The minimum Gasteiger partial charge on any atom is -0.497 e. The molecule has 0 saturated heterocycles. The van der Waals surface area contributed by atoms with E-state index in [2.05, 4.69) is 9.71 Å². The topological polar surface area (TPSA) is 77.5 Å². The van der Waals surface area contributed by atoms with Gasteiger partial charge in [0.2, 0.25) is 10.0 Å². The molecular formula is C18H18N2O4S2. The van der Waals surface area contributed by atoms with Crippen molar-refractivity contribution in [2.45, 2.75) is 11.4 Å². The molecule has 2 aromatic heterocycles. The summed E-state index contributed by atoms with van der Waals surface area (Å²) in [5.74, 6) is 0.696. The van der Waals surface area contributed by atoms with Crippen LogP contribution in [0.4, 0.5) is 0 Å².